The van der Waals surface area contributed by atoms with Crippen LogP contribution in [-0.2, 0) is 23.8 Å². The molecule has 1 aliphatic rings. The average Bonchev–Trinajstić information content (AvgIpc) is 3.39. The first kappa shape index (κ1) is 68.6. The highest BCUT2D eigenvalue weighted by Crippen LogP contribution is 2.26. The minimum Gasteiger partial charge on any atom is -0.454 e. The molecular formula is C62H113NO10. The van der Waals surface area contributed by atoms with Gasteiger partial charge >= 0.3 is 5.97 Å². The fourth-order valence-electron chi connectivity index (χ4n) is 9.32. The molecule has 0 radical (unpaired) electrons. The van der Waals surface area contributed by atoms with Gasteiger partial charge in [0.15, 0.2) is 12.4 Å². The number of aliphatic hydroxyl groups excluding tert-OH is 5. The van der Waals surface area contributed by atoms with Gasteiger partial charge in [-0.05, 0) is 83.5 Å². The molecule has 0 saturated carbocycles. The highest BCUT2D eigenvalue weighted by atomic mass is 16.7. The molecule has 426 valence electrons. The molecule has 0 aromatic heterocycles. The fraction of sp³-hybridized carbons (Fsp3) is 0.839. The first-order chi connectivity index (χ1) is 35.7. The molecule has 0 aromatic carbocycles. The van der Waals surface area contributed by atoms with Crippen molar-refractivity contribution < 1.29 is 49.3 Å². The summed E-state index contributed by atoms with van der Waals surface area (Å²) in [6, 6.07) is -1.03. The van der Waals surface area contributed by atoms with E-state index in [0.29, 0.717) is 12.8 Å². The number of allylic oxidation sites excluding steroid dienone is 7. The minimum absolute atomic E-state index is 0.120. The number of hydrogen-bond acceptors (Lipinski definition) is 10. The molecule has 0 spiro atoms. The fourth-order valence-corrected chi connectivity index (χ4v) is 9.32. The number of hydrogen-bond donors (Lipinski definition) is 6. The van der Waals surface area contributed by atoms with Gasteiger partial charge in [0, 0.05) is 6.42 Å². The van der Waals surface area contributed by atoms with Crippen molar-refractivity contribution in [3.8, 4) is 0 Å². The Bertz CT molecular complexity index is 1370. The predicted molar refractivity (Wildman–Crippen MR) is 301 cm³/mol. The van der Waals surface area contributed by atoms with E-state index < -0.39 is 67.4 Å². The van der Waals surface area contributed by atoms with Gasteiger partial charge in [-0.1, -0.05) is 230 Å². The van der Waals surface area contributed by atoms with Crippen LogP contribution in [0.4, 0.5) is 0 Å². The Hall–Kier alpha value is -2.38. The van der Waals surface area contributed by atoms with Crippen LogP contribution in [-0.4, -0.2) is 99.6 Å². The topological polar surface area (TPSA) is 175 Å². The van der Waals surface area contributed by atoms with Gasteiger partial charge in [0.05, 0.1) is 25.4 Å². The summed E-state index contributed by atoms with van der Waals surface area (Å²) in [7, 11) is 0. The van der Waals surface area contributed by atoms with Crippen LogP contribution >= 0.6 is 0 Å². The average molecular weight is 1030 g/mol. The Labute approximate surface area is 446 Å². The minimum atomic E-state index is -1.62. The monoisotopic (exact) mass is 1030 g/mol. The van der Waals surface area contributed by atoms with E-state index in [-0.39, 0.29) is 19.4 Å². The molecule has 1 rings (SSSR count). The summed E-state index contributed by atoms with van der Waals surface area (Å²) in [6.07, 6.45) is 50.2. The van der Waals surface area contributed by atoms with Crippen molar-refractivity contribution in [1.82, 2.24) is 5.32 Å². The molecule has 11 nitrogen and oxygen atoms in total. The highest BCUT2D eigenvalue weighted by Gasteiger charge is 2.47. The zero-order valence-corrected chi connectivity index (χ0v) is 47.0. The quantitative estimate of drug-likeness (QED) is 0.0195. The van der Waals surface area contributed by atoms with Gasteiger partial charge in [0.2, 0.25) is 5.91 Å². The number of nitrogens with one attached hydrogen (secondary N) is 1. The largest absolute Gasteiger partial charge is 0.454 e. The van der Waals surface area contributed by atoms with E-state index in [1.807, 2.05) is 6.08 Å². The van der Waals surface area contributed by atoms with Crippen LogP contribution < -0.4 is 5.32 Å². The van der Waals surface area contributed by atoms with Gasteiger partial charge in [-0.3, -0.25) is 9.59 Å². The third kappa shape index (κ3) is 38.8. The van der Waals surface area contributed by atoms with E-state index >= 15 is 0 Å². The molecule has 1 amide bonds. The van der Waals surface area contributed by atoms with Crippen LogP contribution in [0.15, 0.2) is 48.6 Å². The zero-order valence-electron chi connectivity index (χ0n) is 47.0. The van der Waals surface area contributed by atoms with Crippen LogP contribution in [0.25, 0.3) is 0 Å². The van der Waals surface area contributed by atoms with E-state index in [4.69, 9.17) is 14.2 Å². The Morgan fingerprint density at radius 2 is 0.945 bits per heavy atom. The summed E-state index contributed by atoms with van der Waals surface area (Å²) in [5.41, 5.74) is 0. The first-order valence-corrected chi connectivity index (χ1v) is 30.4. The van der Waals surface area contributed by atoms with Gasteiger partial charge in [0.1, 0.15) is 24.4 Å². The van der Waals surface area contributed by atoms with Crippen molar-refractivity contribution in [2.75, 3.05) is 13.2 Å². The van der Waals surface area contributed by atoms with Crippen LogP contribution in [0.5, 0.6) is 0 Å². The summed E-state index contributed by atoms with van der Waals surface area (Å²) < 4.78 is 17.6. The van der Waals surface area contributed by atoms with Crippen LogP contribution in [0.2, 0.25) is 0 Å². The van der Waals surface area contributed by atoms with Crippen molar-refractivity contribution in [1.29, 1.82) is 0 Å². The van der Waals surface area contributed by atoms with Gasteiger partial charge < -0.3 is 45.1 Å². The lowest BCUT2D eigenvalue weighted by Crippen LogP contribution is -2.61. The lowest BCUT2D eigenvalue weighted by Gasteiger charge is -2.41. The molecule has 8 atom stereocenters. The lowest BCUT2D eigenvalue weighted by molar-refractivity contribution is -0.305. The number of rotatable bonds is 51. The molecule has 6 N–H and O–H groups in total. The van der Waals surface area contributed by atoms with Gasteiger partial charge in [0.25, 0.3) is 0 Å². The number of amides is 1. The third-order valence-corrected chi connectivity index (χ3v) is 14.2. The van der Waals surface area contributed by atoms with Gasteiger partial charge in [-0.2, -0.15) is 0 Å². The van der Waals surface area contributed by atoms with Crippen molar-refractivity contribution in [2.45, 2.75) is 320 Å². The standard InChI is InChI=1S/C62H113NO10/c1-4-7-10-13-16-19-22-24-25-26-27-28-29-30-31-32-35-38-41-44-47-50-57(67)73-60-59(69)58(68)56(51-64)72-62(60)71-52-53(54(65)48-45-42-39-36-33-21-18-15-12-9-6-3)63-61(70)55(66)49-46-43-40-37-34-23-20-17-14-11-8-5-2/h16,19,24-25,34,37,45,48,53-56,58-60,62,64-66,68-69H,4-15,17-18,20-23,26-33,35-36,38-44,46-47,49-52H2,1-3H3,(H,63,70)/b19-16-,25-24-,37-34-,48-45+. The van der Waals surface area contributed by atoms with Crippen molar-refractivity contribution in [3.05, 3.63) is 48.6 Å². The van der Waals surface area contributed by atoms with Gasteiger partial charge in [-0.25, -0.2) is 0 Å². The molecule has 0 bridgehead atoms. The SMILES string of the molecule is CCCCC/C=C\C/C=C\CCCCCCCCCCCCCC(=O)OC1C(OCC(NC(=O)C(O)CCCC/C=C\CCCCCCCC)C(O)/C=C/CCCCCCCCCCC)OC(CO)C(O)C1O. The Kier molecular flexibility index (Phi) is 47.4. The second kappa shape index (κ2) is 50.4. The van der Waals surface area contributed by atoms with Crippen LogP contribution in [0, 0.1) is 0 Å². The van der Waals surface area contributed by atoms with E-state index in [0.717, 1.165) is 64.2 Å². The van der Waals surface area contributed by atoms with E-state index in [1.54, 1.807) is 6.08 Å². The van der Waals surface area contributed by atoms with Crippen molar-refractivity contribution in [3.63, 3.8) is 0 Å². The van der Waals surface area contributed by atoms with E-state index in [9.17, 15) is 35.1 Å². The molecule has 1 heterocycles. The van der Waals surface area contributed by atoms with Crippen LogP contribution in [0.3, 0.4) is 0 Å². The Morgan fingerprint density at radius 1 is 0.534 bits per heavy atom. The summed E-state index contributed by atoms with van der Waals surface area (Å²) in [5.74, 6) is -1.21. The molecule has 1 saturated heterocycles. The third-order valence-electron chi connectivity index (χ3n) is 14.2. The van der Waals surface area contributed by atoms with Gasteiger partial charge in [-0.15, -0.1) is 0 Å². The second-order valence-corrected chi connectivity index (χ2v) is 21.1. The summed E-state index contributed by atoms with van der Waals surface area (Å²) >= 11 is 0. The van der Waals surface area contributed by atoms with Crippen molar-refractivity contribution in [2.24, 2.45) is 0 Å². The number of ether oxygens (including phenoxy) is 3. The molecule has 8 unspecified atom stereocenters. The molecule has 1 aliphatic heterocycles. The summed E-state index contributed by atoms with van der Waals surface area (Å²) in [6.45, 7) is 5.74. The highest BCUT2D eigenvalue weighted by molar-refractivity contribution is 5.80. The number of carbonyl (C=O) groups is 2. The molecule has 0 aromatic rings. The molecular weight excluding hydrogens is 919 g/mol. The second-order valence-electron chi connectivity index (χ2n) is 21.1. The number of unbranched alkanes of at least 4 members (excludes halogenated alkanes) is 31. The van der Waals surface area contributed by atoms with E-state index in [1.165, 1.54) is 161 Å². The summed E-state index contributed by atoms with van der Waals surface area (Å²) in [4.78, 5) is 26.5. The zero-order chi connectivity index (χ0) is 53.3. The van der Waals surface area contributed by atoms with Crippen molar-refractivity contribution >= 4 is 11.9 Å². The number of aliphatic hydroxyl groups is 5. The maximum Gasteiger partial charge on any atom is 0.306 e. The number of esters is 1. The smallest absolute Gasteiger partial charge is 0.306 e. The molecule has 11 heteroatoms. The first-order valence-electron chi connectivity index (χ1n) is 30.4. The lowest BCUT2D eigenvalue weighted by atomic mass is 9.99. The van der Waals surface area contributed by atoms with Crippen LogP contribution in [0.1, 0.15) is 271 Å². The Morgan fingerprint density at radius 3 is 1.44 bits per heavy atom. The normalized spacial score (nSPS) is 19.7. The maximum atomic E-state index is 13.3. The Balaban J connectivity index is 2.64. The van der Waals surface area contributed by atoms with E-state index in [2.05, 4.69) is 62.5 Å². The molecule has 1 fully saturated rings. The summed E-state index contributed by atoms with van der Waals surface area (Å²) in [5, 5.41) is 56.8. The predicted octanol–water partition coefficient (Wildman–Crippen LogP) is 14.1. The molecule has 73 heavy (non-hydrogen) atoms. The maximum absolute atomic E-state index is 13.3. The number of carbonyl (C=O) groups excluding carboxylic acids is 2. The molecule has 0 aliphatic carbocycles.